The van der Waals surface area contributed by atoms with Crippen LogP contribution in [0.2, 0.25) is 0 Å². The standard InChI is InChI=1S/C32H35F2NO/c1-2-24-19-27(34)10-13-29(24)30-12-9-25-8-11-28(36)20-31(25)32(30)26-6-4-22(5-7-26)18-23-14-17-35(21-23)16-3-15-33/h4-8,10-11,13,19-20,23,36H,2-3,9,12,14-18,21H2,1H3. The van der Waals surface area contributed by atoms with Gasteiger partial charge in [0, 0.05) is 13.1 Å². The molecule has 1 aliphatic heterocycles. The Hall–Kier alpha value is -2.98. The van der Waals surface area contributed by atoms with Crippen LogP contribution in [0.25, 0.3) is 11.1 Å². The predicted molar refractivity (Wildman–Crippen MR) is 143 cm³/mol. The topological polar surface area (TPSA) is 23.5 Å². The Morgan fingerprint density at radius 3 is 2.58 bits per heavy atom. The molecule has 0 spiro atoms. The van der Waals surface area contributed by atoms with Crippen LogP contribution in [0.15, 0.2) is 60.7 Å². The summed E-state index contributed by atoms with van der Waals surface area (Å²) < 4.78 is 26.6. The molecule has 1 N–H and O–H groups in total. The van der Waals surface area contributed by atoms with Crippen LogP contribution < -0.4 is 0 Å². The van der Waals surface area contributed by atoms with Crippen molar-refractivity contribution in [2.75, 3.05) is 26.3 Å². The van der Waals surface area contributed by atoms with Gasteiger partial charge in [-0.25, -0.2) is 4.39 Å². The summed E-state index contributed by atoms with van der Waals surface area (Å²) in [7, 11) is 0. The summed E-state index contributed by atoms with van der Waals surface area (Å²) in [6.07, 6.45) is 5.37. The molecular formula is C32H35F2NO. The molecule has 1 saturated heterocycles. The molecule has 0 aromatic heterocycles. The maximum absolute atomic E-state index is 14.0. The number of hydrogen-bond donors (Lipinski definition) is 1. The molecule has 1 heterocycles. The lowest BCUT2D eigenvalue weighted by molar-refractivity contribution is 0.301. The summed E-state index contributed by atoms with van der Waals surface area (Å²) in [6.45, 7) is 4.81. The summed E-state index contributed by atoms with van der Waals surface area (Å²) in [4.78, 5) is 2.38. The SMILES string of the molecule is CCc1cc(F)ccc1C1=C(c2ccc(CC3CCN(CCCF)C3)cc2)c2cc(O)ccc2CC1. The molecule has 2 nitrogen and oxygen atoms in total. The zero-order valence-corrected chi connectivity index (χ0v) is 21.1. The molecular weight excluding hydrogens is 452 g/mol. The van der Waals surface area contributed by atoms with Crippen LogP contribution in [-0.2, 0) is 19.3 Å². The molecule has 188 valence electrons. The predicted octanol–water partition coefficient (Wildman–Crippen LogP) is 7.22. The van der Waals surface area contributed by atoms with Gasteiger partial charge in [0.1, 0.15) is 11.6 Å². The number of rotatable bonds is 8. The molecule has 4 heteroatoms. The number of fused-ring (bicyclic) bond motifs is 1. The Morgan fingerprint density at radius 1 is 0.972 bits per heavy atom. The van der Waals surface area contributed by atoms with Crippen LogP contribution in [0.5, 0.6) is 5.75 Å². The fourth-order valence-corrected chi connectivity index (χ4v) is 6.02. The number of allylic oxidation sites excluding steroid dienone is 1. The van der Waals surface area contributed by atoms with Crippen molar-refractivity contribution in [1.29, 1.82) is 0 Å². The largest absolute Gasteiger partial charge is 0.508 e. The van der Waals surface area contributed by atoms with E-state index in [4.69, 9.17) is 0 Å². The van der Waals surface area contributed by atoms with Gasteiger partial charge < -0.3 is 10.0 Å². The zero-order chi connectivity index (χ0) is 25.1. The summed E-state index contributed by atoms with van der Waals surface area (Å²) >= 11 is 0. The summed E-state index contributed by atoms with van der Waals surface area (Å²) in [5.41, 5.74) is 9.22. The van der Waals surface area contributed by atoms with E-state index in [1.54, 1.807) is 18.2 Å². The maximum Gasteiger partial charge on any atom is 0.123 e. The summed E-state index contributed by atoms with van der Waals surface area (Å²) in [5.74, 6) is 0.674. The van der Waals surface area contributed by atoms with Crippen LogP contribution in [0.1, 0.15) is 59.6 Å². The van der Waals surface area contributed by atoms with E-state index >= 15 is 0 Å². The van der Waals surface area contributed by atoms with Crippen molar-refractivity contribution < 1.29 is 13.9 Å². The number of likely N-dealkylation sites (tertiary alicyclic amines) is 1. The first-order valence-electron chi connectivity index (χ1n) is 13.3. The van der Waals surface area contributed by atoms with Gasteiger partial charge in [-0.05, 0) is 120 Å². The average molecular weight is 488 g/mol. The number of phenolic OH excluding ortho intramolecular Hbond substituents is 1. The number of alkyl halides is 1. The second-order valence-electron chi connectivity index (χ2n) is 10.2. The van der Waals surface area contributed by atoms with E-state index in [0.29, 0.717) is 12.3 Å². The molecule has 0 bridgehead atoms. The Morgan fingerprint density at radius 2 is 1.81 bits per heavy atom. The van der Waals surface area contributed by atoms with Gasteiger partial charge in [-0.3, -0.25) is 4.39 Å². The van der Waals surface area contributed by atoms with Crippen molar-refractivity contribution in [1.82, 2.24) is 4.90 Å². The lowest BCUT2D eigenvalue weighted by Crippen LogP contribution is -2.22. The average Bonchev–Trinajstić information content (AvgIpc) is 3.34. The van der Waals surface area contributed by atoms with Crippen LogP contribution in [0, 0.1) is 11.7 Å². The van der Waals surface area contributed by atoms with Gasteiger partial charge in [-0.15, -0.1) is 0 Å². The van der Waals surface area contributed by atoms with E-state index in [2.05, 4.69) is 36.1 Å². The molecule has 1 fully saturated rings. The molecule has 1 unspecified atom stereocenters. The third kappa shape index (κ3) is 5.24. The van der Waals surface area contributed by atoms with E-state index < -0.39 is 0 Å². The summed E-state index contributed by atoms with van der Waals surface area (Å²) in [6, 6.07) is 19.6. The number of hydrogen-bond acceptors (Lipinski definition) is 2. The Kier molecular flexibility index (Phi) is 7.52. The first kappa shape index (κ1) is 24.7. The van der Waals surface area contributed by atoms with Gasteiger partial charge >= 0.3 is 0 Å². The van der Waals surface area contributed by atoms with Crippen molar-refractivity contribution in [2.45, 2.75) is 45.4 Å². The highest BCUT2D eigenvalue weighted by Gasteiger charge is 2.25. The number of nitrogens with zero attached hydrogens (tertiary/aromatic N) is 1. The Labute approximate surface area is 213 Å². The van der Waals surface area contributed by atoms with Gasteiger partial charge in [0.2, 0.25) is 0 Å². The van der Waals surface area contributed by atoms with Gasteiger partial charge in [0.15, 0.2) is 0 Å². The number of aromatic hydroxyl groups is 1. The molecule has 36 heavy (non-hydrogen) atoms. The third-order valence-corrected chi connectivity index (χ3v) is 7.83. The highest BCUT2D eigenvalue weighted by molar-refractivity contribution is 6.01. The molecule has 1 atom stereocenters. The lowest BCUT2D eigenvalue weighted by atomic mass is 9.78. The monoisotopic (exact) mass is 487 g/mol. The molecule has 5 rings (SSSR count). The highest BCUT2D eigenvalue weighted by atomic mass is 19.1. The molecule has 1 aliphatic carbocycles. The van der Waals surface area contributed by atoms with E-state index in [9.17, 15) is 13.9 Å². The van der Waals surface area contributed by atoms with Gasteiger partial charge in [-0.1, -0.05) is 43.3 Å². The van der Waals surface area contributed by atoms with Crippen LogP contribution in [0.3, 0.4) is 0 Å². The van der Waals surface area contributed by atoms with Crippen LogP contribution in [-0.4, -0.2) is 36.3 Å². The van der Waals surface area contributed by atoms with Crippen LogP contribution >= 0.6 is 0 Å². The van der Waals surface area contributed by atoms with Crippen LogP contribution in [0.4, 0.5) is 8.78 Å². The van der Waals surface area contributed by atoms with Gasteiger partial charge in [0.25, 0.3) is 0 Å². The highest BCUT2D eigenvalue weighted by Crippen LogP contribution is 2.43. The fraction of sp³-hybridized carbons (Fsp3) is 0.375. The second-order valence-corrected chi connectivity index (χ2v) is 10.2. The molecule has 0 saturated carbocycles. The lowest BCUT2D eigenvalue weighted by Gasteiger charge is -2.26. The van der Waals surface area contributed by atoms with E-state index in [1.807, 2.05) is 18.2 Å². The number of aryl methyl sites for hydroxylation is 2. The van der Waals surface area contributed by atoms with E-state index in [-0.39, 0.29) is 18.2 Å². The minimum absolute atomic E-state index is 0.203. The quantitative estimate of drug-likeness (QED) is 0.362. The maximum atomic E-state index is 14.0. The van der Waals surface area contributed by atoms with E-state index in [0.717, 1.165) is 73.1 Å². The minimum atomic E-state index is -0.237. The minimum Gasteiger partial charge on any atom is -0.508 e. The molecule has 2 aliphatic rings. The third-order valence-electron chi connectivity index (χ3n) is 7.83. The smallest absolute Gasteiger partial charge is 0.123 e. The Bertz CT molecular complexity index is 1250. The van der Waals surface area contributed by atoms with Crippen molar-refractivity contribution in [3.05, 3.63) is 99.9 Å². The van der Waals surface area contributed by atoms with Gasteiger partial charge in [-0.2, -0.15) is 0 Å². The number of halogens is 2. The fourth-order valence-electron chi connectivity index (χ4n) is 6.02. The van der Waals surface area contributed by atoms with Crippen molar-refractivity contribution in [2.24, 2.45) is 5.92 Å². The van der Waals surface area contributed by atoms with Gasteiger partial charge in [0.05, 0.1) is 6.67 Å². The van der Waals surface area contributed by atoms with E-state index in [1.165, 1.54) is 23.1 Å². The second kappa shape index (κ2) is 11.0. The molecule has 0 radical (unpaired) electrons. The number of benzene rings is 3. The molecule has 3 aromatic rings. The molecule has 3 aromatic carbocycles. The normalized spacial score (nSPS) is 18.0. The Balaban J connectivity index is 1.48. The first-order valence-corrected chi connectivity index (χ1v) is 13.3. The van der Waals surface area contributed by atoms with Crippen molar-refractivity contribution in [3.63, 3.8) is 0 Å². The van der Waals surface area contributed by atoms with Crippen molar-refractivity contribution in [3.8, 4) is 5.75 Å². The number of phenols is 1. The first-order chi connectivity index (χ1) is 17.6. The molecule has 0 amide bonds. The van der Waals surface area contributed by atoms with Crippen molar-refractivity contribution >= 4 is 11.1 Å². The zero-order valence-electron chi connectivity index (χ0n) is 21.1. The summed E-state index contributed by atoms with van der Waals surface area (Å²) in [5, 5.41) is 10.3.